The largest absolute Gasteiger partial charge is 0.367 e. The monoisotopic (exact) mass is 296 g/mol. The van der Waals surface area contributed by atoms with Gasteiger partial charge in [0.15, 0.2) is 0 Å². The van der Waals surface area contributed by atoms with Crippen LogP contribution < -0.4 is 5.32 Å². The molecule has 1 aliphatic carbocycles. The summed E-state index contributed by atoms with van der Waals surface area (Å²) in [5.41, 5.74) is -0.0332. The molecule has 1 aliphatic heterocycles. The number of ether oxygens (including phenoxy) is 1. The van der Waals surface area contributed by atoms with Crippen LogP contribution in [0.5, 0.6) is 0 Å². The highest BCUT2D eigenvalue weighted by Crippen LogP contribution is 2.31. The first-order chi connectivity index (χ1) is 9.81. The van der Waals surface area contributed by atoms with Gasteiger partial charge in [0.25, 0.3) is 0 Å². The van der Waals surface area contributed by atoms with Gasteiger partial charge in [-0.2, -0.15) is 0 Å². The van der Waals surface area contributed by atoms with Crippen LogP contribution >= 0.6 is 0 Å². The molecular formula is C18H36N2O. The van der Waals surface area contributed by atoms with Crippen molar-refractivity contribution in [2.24, 2.45) is 5.92 Å². The Kier molecular flexibility index (Phi) is 5.72. The summed E-state index contributed by atoms with van der Waals surface area (Å²) in [5, 5.41) is 3.76. The summed E-state index contributed by atoms with van der Waals surface area (Å²) in [6, 6.07) is 0.770. The first-order valence-corrected chi connectivity index (χ1v) is 8.97. The van der Waals surface area contributed by atoms with Gasteiger partial charge in [-0.1, -0.05) is 13.3 Å². The summed E-state index contributed by atoms with van der Waals surface area (Å²) in [4.78, 5) is 2.62. The Bertz CT molecular complexity index is 311. The van der Waals surface area contributed by atoms with Crippen molar-refractivity contribution >= 4 is 0 Å². The smallest absolute Gasteiger partial charge is 0.0760 e. The normalized spacial score (nSPS) is 32.4. The second kappa shape index (κ2) is 6.97. The van der Waals surface area contributed by atoms with Gasteiger partial charge >= 0.3 is 0 Å². The Labute approximate surface area is 131 Å². The van der Waals surface area contributed by atoms with Gasteiger partial charge in [-0.15, -0.1) is 0 Å². The van der Waals surface area contributed by atoms with E-state index in [0.717, 1.165) is 25.0 Å². The van der Waals surface area contributed by atoms with E-state index in [1.807, 2.05) is 0 Å². The molecule has 3 heteroatoms. The third-order valence-corrected chi connectivity index (χ3v) is 4.89. The van der Waals surface area contributed by atoms with E-state index in [4.69, 9.17) is 4.74 Å². The predicted octanol–water partition coefficient (Wildman–Crippen LogP) is 3.43. The van der Waals surface area contributed by atoms with Crippen LogP contribution in [0.3, 0.4) is 0 Å². The van der Waals surface area contributed by atoms with Crippen molar-refractivity contribution in [2.75, 3.05) is 26.2 Å². The number of morpholine rings is 1. The van der Waals surface area contributed by atoms with E-state index in [-0.39, 0.29) is 11.2 Å². The molecule has 2 unspecified atom stereocenters. The van der Waals surface area contributed by atoms with E-state index in [2.05, 4.69) is 44.8 Å². The minimum absolute atomic E-state index is 0.0166. The first-order valence-electron chi connectivity index (χ1n) is 8.97. The highest BCUT2D eigenvalue weighted by molar-refractivity contribution is 4.90. The Morgan fingerprint density at radius 2 is 1.76 bits per heavy atom. The molecule has 1 saturated carbocycles. The minimum Gasteiger partial charge on any atom is -0.367 e. The van der Waals surface area contributed by atoms with Gasteiger partial charge in [-0.25, -0.2) is 0 Å². The van der Waals surface area contributed by atoms with Gasteiger partial charge in [0.1, 0.15) is 0 Å². The quantitative estimate of drug-likeness (QED) is 0.812. The van der Waals surface area contributed by atoms with Crippen molar-refractivity contribution in [3.05, 3.63) is 0 Å². The Hall–Kier alpha value is -0.120. The van der Waals surface area contributed by atoms with E-state index < -0.39 is 0 Å². The lowest BCUT2D eigenvalue weighted by atomic mass is 9.95. The SMILES string of the molecule is CCCNC1CCCC1CCN1CC(C)(C)OC(C)(C)C1. The zero-order valence-corrected chi connectivity index (χ0v) is 14.9. The zero-order chi connectivity index (χ0) is 15.5. The average molecular weight is 296 g/mol. The summed E-state index contributed by atoms with van der Waals surface area (Å²) in [7, 11) is 0. The molecule has 0 spiro atoms. The number of nitrogens with one attached hydrogen (secondary N) is 1. The van der Waals surface area contributed by atoms with Crippen LogP contribution in [-0.4, -0.2) is 48.3 Å². The highest BCUT2D eigenvalue weighted by atomic mass is 16.5. The molecular weight excluding hydrogens is 260 g/mol. The van der Waals surface area contributed by atoms with E-state index in [1.165, 1.54) is 45.2 Å². The van der Waals surface area contributed by atoms with Crippen molar-refractivity contribution in [2.45, 2.75) is 84.0 Å². The van der Waals surface area contributed by atoms with Gasteiger partial charge in [0.05, 0.1) is 11.2 Å². The molecule has 2 rings (SSSR count). The first kappa shape index (κ1) is 17.2. The maximum atomic E-state index is 6.18. The lowest BCUT2D eigenvalue weighted by Gasteiger charge is -2.47. The summed E-state index contributed by atoms with van der Waals surface area (Å²) in [6.45, 7) is 15.7. The Balaban J connectivity index is 1.81. The van der Waals surface area contributed by atoms with Gasteiger partial charge in [0.2, 0.25) is 0 Å². The Morgan fingerprint density at radius 3 is 2.38 bits per heavy atom. The lowest BCUT2D eigenvalue weighted by Crippen LogP contribution is -2.57. The molecule has 2 fully saturated rings. The maximum Gasteiger partial charge on any atom is 0.0760 e. The van der Waals surface area contributed by atoms with Crippen LogP contribution in [0.4, 0.5) is 0 Å². The highest BCUT2D eigenvalue weighted by Gasteiger charge is 2.38. The van der Waals surface area contributed by atoms with Crippen molar-refractivity contribution in [3.8, 4) is 0 Å². The minimum atomic E-state index is -0.0166. The maximum absolute atomic E-state index is 6.18. The van der Waals surface area contributed by atoms with Crippen LogP contribution in [0, 0.1) is 5.92 Å². The van der Waals surface area contributed by atoms with Crippen LogP contribution in [0.1, 0.15) is 66.7 Å². The third kappa shape index (κ3) is 5.22. The van der Waals surface area contributed by atoms with Gasteiger partial charge in [-0.3, -0.25) is 4.90 Å². The van der Waals surface area contributed by atoms with E-state index in [9.17, 15) is 0 Å². The fourth-order valence-electron chi connectivity index (χ4n) is 4.43. The molecule has 0 radical (unpaired) electrons. The third-order valence-electron chi connectivity index (χ3n) is 4.89. The molecule has 0 aromatic heterocycles. The average Bonchev–Trinajstić information content (AvgIpc) is 2.77. The molecule has 0 aromatic carbocycles. The summed E-state index contributed by atoms with van der Waals surface area (Å²) < 4.78 is 6.18. The molecule has 1 saturated heterocycles. The second-order valence-electron chi connectivity index (χ2n) is 8.37. The summed E-state index contributed by atoms with van der Waals surface area (Å²) in [5.74, 6) is 0.880. The molecule has 21 heavy (non-hydrogen) atoms. The fourth-order valence-corrected chi connectivity index (χ4v) is 4.43. The number of nitrogens with zero attached hydrogens (tertiary/aromatic N) is 1. The molecule has 2 aliphatic rings. The fraction of sp³-hybridized carbons (Fsp3) is 1.00. The topological polar surface area (TPSA) is 24.5 Å². The van der Waals surface area contributed by atoms with Gasteiger partial charge < -0.3 is 10.1 Å². The Morgan fingerprint density at radius 1 is 1.10 bits per heavy atom. The zero-order valence-electron chi connectivity index (χ0n) is 14.9. The van der Waals surface area contributed by atoms with Gasteiger partial charge in [-0.05, 0) is 72.4 Å². The van der Waals surface area contributed by atoms with Crippen LogP contribution in [0.25, 0.3) is 0 Å². The van der Waals surface area contributed by atoms with Gasteiger partial charge in [0, 0.05) is 19.1 Å². The van der Waals surface area contributed by atoms with Crippen molar-refractivity contribution in [1.29, 1.82) is 0 Å². The molecule has 0 bridgehead atoms. The van der Waals surface area contributed by atoms with Crippen LogP contribution in [0.15, 0.2) is 0 Å². The van der Waals surface area contributed by atoms with E-state index in [0.29, 0.717) is 0 Å². The molecule has 1 N–H and O–H groups in total. The standard InChI is InChI=1S/C18H36N2O/c1-6-11-19-16-9-7-8-15(16)10-12-20-13-17(2,3)21-18(4,5)14-20/h15-16,19H,6-14H2,1-5H3. The summed E-state index contributed by atoms with van der Waals surface area (Å²) >= 11 is 0. The summed E-state index contributed by atoms with van der Waals surface area (Å²) in [6.07, 6.45) is 6.79. The molecule has 1 heterocycles. The molecule has 0 aromatic rings. The predicted molar refractivity (Wildman–Crippen MR) is 89.7 cm³/mol. The van der Waals surface area contributed by atoms with E-state index >= 15 is 0 Å². The second-order valence-corrected chi connectivity index (χ2v) is 8.37. The van der Waals surface area contributed by atoms with Crippen molar-refractivity contribution in [1.82, 2.24) is 10.2 Å². The number of hydrogen-bond donors (Lipinski definition) is 1. The molecule has 124 valence electrons. The number of rotatable bonds is 6. The lowest BCUT2D eigenvalue weighted by molar-refractivity contribution is -0.180. The van der Waals surface area contributed by atoms with Crippen LogP contribution in [-0.2, 0) is 4.74 Å². The molecule has 0 amide bonds. The van der Waals surface area contributed by atoms with Crippen LogP contribution in [0.2, 0.25) is 0 Å². The number of hydrogen-bond acceptors (Lipinski definition) is 3. The molecule has 2 atom stereocenters. The van der Waals surface area contributed by atoms with E-state index in [1.54, 1.807) is 0 Å². The van der Waals surface area contributed by atoms with Crippen molar-refractivity contribution < 1.29 is 4.74 Å². The molecule has 3 nitrogen and oxygen atoms in total. The van der Waals surface area contributed by atoms with Crippen molar-refractivity contribution in [3.63, 3.8) is 0 Å².